The Morgan fingerprint density at radius 1 is 0.810 bits per heavy atom. The van der Waals surface area contributed by atoms with Crippen LogP contribution >= 0.6 is 0 Å². The van der Waals surface area contributed by atoms with Gasteiger partial charge in [0.05, 0.1) is 0 Å². The van der Waals surface area contributed by atoms with Crippen LogP contribution in [-0.4, -0.2) is 0 Å². The van der Waals surface area contributed by atoms with Crippen LogP contribution in [0.5, 0.6) is 0 Å². The zero-order valence-corrected chi connectivity index (χ0v) is 16.9. The molecule has 21 heavy (non-hydrogen) atoms. The van der Waals surface area contributed by atoms with Gasteiger partial charge in [-0.3, -0.25) is 9.41 Å². The molecule has 0 aliphatic heterocycles. The van der Waals surface area contributed by atoms with Crippen LogP contribution in [0.15, 0.2) is 42.1 Å². The largest absolute Gasteiger partial charge is 0.269 e. The molecule has 3 heteroatoms. The van der Waals surface area contributed by atoms with Crippen molar-refractivity contribution in [2.75, 3.05) is 0 Å². The maximum atomic E-state index is 2.42. The van der Waals surface area contributed by atoms with E-state index in [1.807, 2.05) is 6.66 Å². The molecule has 2 rings (SSSR count). The molecule has 0 fully saturated rings. The summed E-state index contributed by atoms with van der Waals surface area (Å²) >= 11 is -0.707. The van der Waals surface area contributed by atoms with E-state index in [4.69, 9.17) is 0 Å². The van der Waals surface area contributed by atoms with Gasteiger partial charge >= 0.3 is 130 Å². The first kappa shape index (κ1) is 20.7. The molecule has 0 bridgehead atoms. The molecule has 0 saturated carbocycles. The molecule has 0 saturated heterocycles. The predicted octanol–water partition coefficient (Wildman–Crippen LogP) is 6.18. The molecule has 0 heterocycles. The van der Waals surface area contributed by atoms with Crippen LogP contribution in [0.1, 0.15) is 65.2 Å². The first-order valence-corrected chi connectivity index (χ1v) is 11.5. The summed E-state index contributed by atoms with van der Waals surface area (Å²) in [6.07, 6.45) is 20.3. The molecular weight excluding hydrogens is 433 g/mol. The van der Waals surface area contributed by atoms with Crippen molar-refractivity contribution in [3.8, 4) is 0 Å². The van der Waals surface area contributed by atoms with E-state index in [0.717, 1.165) is 0 Å². The Labute approximate surface area is 139 Å². The summed E-state index contributed by atoms with van der Waals surface area (Å²) < 4.78 is 3.78. The molecular formula is C18H28F2Hf. The predicted molar refractivity (Wildman–Crippen MR) is 85.6 cm³/mol. The molecule has 0 radical (unpaired) electrons. The Morgan fingerprint density at radius 3 is 1.62 bits per heavy atom. The number of halogens is 2. The maximum Gasteiger partial charge on any atom is -0.269 e. The van der Waals surface area contributed by atoms with Gasteiger partial charge in [0.15, 0.2) is 0 Å². The van der Waals surface area contributed by atoms with Gasteiger partial charge < -0.3 is 0 Å². The third-order valence-corrected chi connectivity index (χ3v) is 9.90. The summed E-state index contributed by atoms with van der Waals surface area (Å²) in [5.74, 6) is 0. The van der Waals surface area contributed by atoms with E-state index in [2.05, 4.69) is 38.2 Å². The van der Waals surface area contributed by atoms with Crippen LogP contribution in [0.2, 0.25) is 0 Å². The molecule has 0 N–H and O–H groups in total. The number of allylic oxidation sites excluding steroid dienone is 8. The van der Waals surface area contributed by atoms with Crippen LogP contribution < -0.4 is 0 Å². The van der Waals surface area contributed by atoms with Gasteiger partial charge in [-0.2, -0.15) is 0 Å². The second kappa shape index (κ2) is 11.3. The van der Waals surface area contributed by atoms with Crippen molar-refractivity contribution < 1.29 is 32.3 Å². The summed E-state index contributed by atoms with van der Waals surface area (Å²) in [6.45, 7) is 4.60. The summed E-state index contributed by atoms with van der Waals surface area (Å²) in [5.41, 5.74) is 3.44. The summed E-state index contributed by atoms with van der Waals surface area (Å²) in [7, 11) is 0. The second-order valence-electron chi connectivity index (χ2n) is 5.55. The van der Waals surface area contributed by atoms with Crippen LogP contribution in [0.4, 0.5) is 9.41 Å². The van der Waals surface area contributed by atoms with Crippen molar-refractivity contribution in [1.82, 2.24) is 0 Å². The van der Waals surface area contributed by atoms with Crippen molar-refractivity contribution in [2.45, 2.75) is 65.2 Å². The van der Waals surface area contributed by atoms with E-state index < -0.39 is 22.9 Å². The third-order valence-electron chi connectivity index (χ3n) is 3.96. The molecule has 2 aliphatic carbocycles. The topological polar surface area (TPSA) is 0 Å². The summed E-state index contributed by atoms with van der Waals surface area (Å²) in [4.78, 5) is 0. The van der Waals surface area contributed by atoms with E-state index in [1.54, 1.807) is 11.1 Å². The van der Waals surface area contributed by atoms with E-state index in [-0.39, 0.29) is 9.41 Å². The van der Waals surface area contributed by atoms with Crippen LogP contribution in [0.3, 0.4) is 0 Å². The number of unbranched alkanes of at least 4 members (excludes halogenated alkanes) is 2. The molecule has 0 aromatic carbocycles. The van der Waals surface area contributed by atoms with Gasteiger partial charge in [-0.15, -0.1) is 0 Å². The summed E-state index contributed by atoms with van der Waals surface area (Å²) in [6, 6.07) is 0. The van der Waals surface area contributed by atoms with Crippen molar-refractivity contribution in [2.24, 2.45) is 0 Å². The van der Waals surface area contributed by atoms with Crippen LogP contribution in [0.25, 0.3) is 0 Å². The number of hydrogen-bond donors (Lipinski definition) is 0. The van der Waals surface area contributed by atoms with Gasteiger partial charge in [-0.05, 0) is 0 Å². The second-order valence-corrected chi connectivity index (χ2v) is 10.8. The molecule has 0 spiro atoms. The zero-order chi connectivity index (χ0) is 13.5. The first-order chi connectivity index (χ1) is 9.35. The van der Waals surface area contributed by atoms with Crippen molar-refractivity contribution in [3.63, 3.8) is 0 Å². The van der Waals surface area contributed by atoms with E-state index in [0.29, 0.717) is 0 Å². The first-order valence-electron chi connectivity index (χ1n) is 7.89. The summed E-state index contributed by atoms with van der Waals surface area (Å²) in [5, 5.41) is 0. The van der Waals surface area contributed by atoms with Crippen LogP contribution in [-0.2, 0) is 22.9 Å². The monoisotopic (exact) mass is 462 g/mol. The minimum atomic E-state index is -0.707. The van der Waals surface area contributed by atoms with Crippen molar-refractivity contribution in [1.29, 1.82) is 0 Å². The van der Waals surface area contributed by atoms with Gasteiger partial charge in [0.1, 0.15) is 0 Å². The Morgan fingerprint density at radius 2 is 1.24 bits per heavy atom. The third kappa shape index (κ3) is 6.14. The quantitative estimate of drug-likeness (QED) is 0.379. The number of hydrogen-bond acceptors (Lipinski definition) is 0. The fourth-order valence-electron chi connectivity index (χ4n) is 2.75. The van der Waals surface area contributed by atoms with E-state index in [1.165, 1.54) is 51.4 Å². The van der Waals surface area contributed by atoms with Crippen molar-refractivity contribution >= 4 is 0 Å². The molecule has 0 atom stereocenters. The van der Waals surface area contributed by atoms with Crippen molar-refractivity contribution in [3.05, 3.63) is 42.1 Å². The van der Waals surface area contributed by atoms with Gasteiger partial charge in [0.2, 0.25) is 0 Å². The minimum absolute atomic E-state index is 0. The molecule has 0 aromatic heterocycles. The van der Waals surface area contributed by atoms with E-state index >= 15 is 0 Å². The Bertz CT molecular complexity index is 390. The average Bonchev–Trinajstić information content (AvgIpc) is 3.04. The normalized spacial score (nSPS) is 16.3. The minimum Gasteiger partial charge on any atom is -0.269 e. The molecule has 0 aromatic rings. The average molecular weight is 461 g/mol. The Hall–Kier alpha value is -0.310. The SMILES string of the molecule is CCCCC1=[C]([Hf][C]2=C(CCCC)C=CC2)CC=C1.F.F. The Balaban J connectivity index is 0.00000200. The zero-order valence-electron chi connectivity index (χ0n) is 13.3. The van der Waals surface area contributed by atoms with E-state index in [9.17, 15) is 0 Å². The maximum absolute atomic E-state index is 2.42. The van der Waals surface area contributed by atoms with Gasteiger partial charge in [0, 0.05) is 0 Å². The number of rotatable bonds is 8. The molecule has 0 amide bonds. The fourth-order valence-corrected chi connectivity index (χ4v) is 8.29. The molecule has 0 unspecified atom stereocenters. The van der Waals surface area contributed by atoms with Gasteiger partial charge in [-0.25, -0.2) is 0 Å². The van der Waals surface area contributed by atoms with Gasteiger partial charge in [0.25, 0.3) is 0 Å². The Kier molecular flexibility index (Phi) is 11.1. The molecule has 2 aliphatic rings. The smallest absolute Gasteiger partial charge is 0.269 e. The standard InChI is InChI=1S/2C9H13.2FH.Hf/c2*1-2-3-6-9-7-4-5-8-9;;;/h2*4,7H,2-3,5-6H2,1H3;2*1H;. The molecule has 118 valence electrons. The fraction of sp³-hybridized carbons (Fsp3) is 0.556. The van der Waals surface area contributed by atoms with Crippen LogP contribution in [0, 0.1) is 0 Å². The van der Waals surface area contributed by atoms with Gasteiger partial charge in [-0.1, -0.05) is 0 Å². The molecule has 0 nitrogen and oxygen atoms in total.